The van der Waals surface area contributed by atoms with E-state index in [0.717, 1.165) is 11.5 Å². The Bertz CT molecular complexity index is 729. The average Bonchev–Trinajstić information content (AvgIpc) is 3.21. The lowest BCUT2D eigenvalue weighted by Gasteiger charge is -2.39. The van der Waals surface area contributed by atoms with E-state index in [2.05, 4.69) is 77.7 Å². The summed E-state index contributed by atoms with van der Waals surface area (Å²) in [7, 11) is -3.73. The maximum absolute atomic E-state index is 9.37. The second-order valence-corrected chi connectivity index (χ2v) is 20.1. The first-order chi connectivity index (χ1) is 14.4. The fourth-order valence-corrected chi connectivity index (χ4v) is 3.74. The van der Waals surface area contributed by atoms with Gasteiger partial charge in [0.2, 0.25) is 0 Å². The van der Waals surface area contributed by atoms with E-state index >= 15 is 0 Å². The molecule has 0 fully saturated rings. The van der Waals surface area contributed by atoms with Gasteiger partial charge in [0.1, 0.15) is 11.5 Å². The number of aromatic amines is 1. The lowest BCUT2D eigenvalue weighted by atomic mass is 10.2. The molecule has 0 unspecified atom stereocenters. The summed E-state index contributed by atoms with van der Waals surface area (Å²) < 4.78 is 13.0. The number of nitrogens with zero attached hydrogens (tertiary/aromatic N) is 1. The maximum atomic E-state index is 9.37. The van der Waals surface area contributed by atoms with Crippen molar-refractivity contribution in [1.82, 2.24) is 9.97 Å². The van der Waals surface area contributed by atoms with Crippen molar-refractivity contribution < 1.29 is 18.8 Å². The Morgan fingerprint density at radius 1 is 0.938 bits per heavy atom. The van der Waals surface area contributed by atoms with E-state index in [0.29, 0.717) is 0 Å². The smallest absolute Gasteiger partial charge is 0.303 e. The van der Waals surface area contributed by atoms with Gasteiger partial charge in [-0.1, -0.05) is 60.6 Å². The highest BCUT2D eigenvalue weighted by Crippen LogP contribution is 2.43. The van der Waals surface area contributed by atoms with Gasteiger partial charge >= 0.3 is 5.97 Å². The van der Waals surface area contributed by atoms with Crippen LogP contribution in [-0.2, 0) is 4.79 Å². The maximum Gasteiger partial charge on any atom is 0.303 e. The molecule has 1 aromatic heterocycles. The molecule has 6 nitrogen and oxygen atoms in total. The molecule has 0 radical (unpaired) electrons. The lowest BCUT2D eigenvalue weighted by Crippen LogP contribution is -2.45. The summed E-state index contributed by atoms with van der Waals surface area (Å²) in [5, 5.41) is 8.08. The van der Waals surface area contributed by atoms with Crippen LogP contribution in [0, 0.1) is 0 Å². The fourth-order valence-electron chi connectivity index (χ4n) is 1.69. The second-order valence-electron chi connectivity index (χ2n) is 10.7. The number of carboxylic acid groups (broad SMARTS) is 1. The van der Waals surface area contributed by atoms with Crippen LogP contribution in [0.3, 0.4) is 0 Å². The molecule has 0 saturated heterocycles. The Hall–Kier alpha value is -2.07. The molecular weight excluding hydrogens is 436 g/mol. The minimum Gasteiger partial charge on any atom is -0.541 e. The van der Waals surface area contributed by atoms with E-state index < -0.39 is 22.6 Å². The van der Waals surface area contributed by atoms with Gasteiger partial charge in [-0.3, -0.25) is 4.79 Å². The van der Waals surface area contributed by atoms with Gasteiger partial charge < -0.3 is 18.9 Å². The highest BCUT2D eigenvalue weighted by Gasteiger charge is 2.41. The molecule has 0 aliphatic rings. The summed E-state index contributed by atoms with van der Waals surface area (Å²) in [6.07, 6.45) is 5.31. The van der Waals surface area contributed by atoms with E-state index in [1.807, 2.05) is 24.3 Å². The van der Waals surface area contributed by atoms with Crippen molar-refractivity contribution in [2.24, 2.45) is 0 Å². The predicted octanol–water partition coefficient (Wildman–Crippen LogP) is 7.35. The Morgan fingerprint density at radius 2 is 1.31 bits per heavy atom. The highest BCUT2D eigenvalue weighted by molar-refractivity contribution is 6.75. The van der Waals surface area contributed by atoms with Gasteiger partial charge in [-0.15, -0.1) is 0 Å². The fraction of sp³-hybridized carbons (Fsp3) is 0.583. The van der Waals surface area contributed by atoms with Crippen molar-refractivity contribution in [3.63, 3.8) is 0 Å². The van der Waals surface area contributed by atoms with Crippen molar-refractivity contribution in [3.05, 3.63) is 43.0 Å². The van der Waals surface area contributed by atoms with E-state index in [1.54, 1.807) is 25.6 Å². The molecule has 1 heterocycles. The molecule has 1 aromatic carbocycles. The molecule has 0 aliphatic heterocycles. The van der Waals surface area contributed by atoms with Crippen molar-refractivity contribution >= 4 is 22.6 Å². The summed E-state index contributed by atoms with van der Waals surface area (Å²) in [5.74, 6) is 1.06. The monoisotopic (exact) mass is 480 g/mol. The van der Waals surface area contributed by atoms with E-state index in [9.17, 15) is 4.79 Å². The molecule has 32 heavy (non-hydrogen) atoms. The third-order valence-electron chi connectivity index (χ3n) is 5.90. The van der Waals surface area contributed by atoms with E-state index in [-0.39, 0.29) is 16.5 Å². The predicted molar refractivity (Wildman–Crippen MR) is 139 cm³/mol. The largest absolute Gasteiger partial charge is 0.541 e. The molecule has 0 spiro atoms. The molecule has 182 valence electrons. The zero-order valence-electron chi connectivity index (χ0n) is 21.9. The van der Waals surface area contributed by atoms with Crippen LogP contribution < -0.4 is 8.85 Å². The number of aromatic nitrogens is 2. The molecule has 2 aromatic rings. The van der Waals surface area contributed by atoms with Crippen LogP contribution in [0.1, 0.15) is 54.9 Å². The van der Waals surface area contributed by atoms with Gasteiger partial charge in [-0.2, -0.15) is 0 Å². The van der Waals surface area contributed by atoms with Gasteiger partial charge in [0.25, 0.3) is 16.6 Å². The van der Waals surface area contributed by atoms with Gasteiger partial charge in [0.15, 0.2) is 0 Å². The van der Waals surface area contributed by atoms with Crippen molar-refractivity contribution in [1.29, 1.82) is 0 Å². The Labute approximate surface area is 197 Å². The Balaban J connectivity index is 0.000000785. The molecule has 8 heteroatoms. The number of aliphatic carboxylic acids is 1. The number of rotatable bonds is 5. The first-order valence-corrected chi connectivity index (χ1v) is 16.9. The summed E-state index contributed by atoms with van der Waals surface area (Å²) >= 11 is 0. The molecule has 0 bridgehead atoms. The van der Waals surface area contributed by atoms with Gasteiger partial charge in [0, 0.05) is 18.8 Å². The summed E-state index contributed by atoms with van der Waals surface area (Å²) in [6.45, 7) is 24.3. The highest BCUT2D eigenvalue weighted by atomic mass is 28.4. The van der Waals surface area contributed by atoms with E-state index in [1.165, 1.54) is 0 Å². The molecule has 0 aliphatic carbocycles. The van der Waals surface area contributed by atoms with E-state index in [4.69, 9.17) is 14.0 Å². The standard InChI is InChI=1S/C18H34O2Si2.C3H4N2.C3H6O2/c1-17(2,3)21(7,8)19-15-13-11-12-14-16(15)20-22(9,10)18(4,5)6;1-2-5-3-4-1;1-2-3(4)5/h11-14H,1-10H3;1-3H,(H,4,5);2H2,1H3,(H,4,5). The number of carboxylic acids is 1. The van der Waals surface area contributed by atoms with Gasteiger partial charge in [-0.05, 0) is 48.4 Å². The zero-order chi connectivity index (χ0) is 25.2. The summed E-state index contributed by atoms with van der Waals surface area (Å²) in [4.78, 5) is 15.8. The van der Waals surface area contributed by atoms with Crippen LogP contribution in [0.2, 0.25) is 36.3 Å². The number of benzene rings is 1. The van der Waals surface area contributed by atoms with Gasteiger partial charge in [-0.25, -0.2) is 4.98 Å². The molecule has 0 atom stereocenters. The molecule has 2 rings (SSSR count). The van der Waals surface area contributed by atoms with Crippen molar-refractivity contribution in [3.8, 4) is 11.5 Å². The lowest BCUT2D eigenvalue weighted by molar-refractivity contribution is -0.136. The van der Waals surface area contributed by atoms with Gasteiger partial charge in [0.05, 0.1) is 6.33 Å². The first-order valence-electron chi connectivity index (χ1n) is 11.1. The minimum absolute atomic E-state index is 0.178. The number of hydrogen-bond acceptors (Lipinski definition) is 4. The average molecular weight is 481 g/mol. The normalized spacial score (nSPS) is 12.0. The Morgan fingerprint density at radius 3 is 1.50 bits per heavy atom. The number of nitrogens with one attached hydrogen (secondary N) is 1. The van der Waals surface area contributed by atoms with Crippen LogP contribution in [0.25, 0.3) is 0 Å². The first kappa shape index (κ1) is 29.9. The molecule has 2 N–H and O–H groups in total. The molecule has 0 amide bonds. The van der Waals surface area contributed by atoms with Crippen molar-refractivity contribution in [2.75, 3.05) is 0 Å². The van der Waals surface area contributed by atoms with Crippen LogP contribution >= 0.6 is 0 Å². The number of hydrogen-bond donors (Lipinski definition) is 2. The number of imidazole rings is 1. The topological polar surface area (TPSA) is 84.4 Å². The van der Waals surface area contributed by atoms with Crippen LogP contribution in [0.15, 0.2) is 43.0 Å². The third-order valence-corrected chi connectivity index (χ3v) is 14.6. The number of carbonyl (C=O) groups is 1. The third kappa shape index (κ3) is 10.5. The summed E-state index contributed by atoms with van der Waals surface area (Å²) in [5.41, 5.74) is 0. The molecule has 0 saturated carbocycles. The number of para-hydroxylation sites is 2. The van der Waals surface area contributed by atoms with Crippen LogP contribution in [-0.4, -0.2) is 37.7 Å². The quantitative estimate of drug-likeness (QED) is 0.437. The Kier molecular flexibility index (Phi) is 11.5. The zero-order valence-corrected chi connectivity index (χ0v) is 23.9. The number of H-pyrrole nitrogens is 1. The minimum atomic E-state index is -1.86. The SMILES string of the molecule is CC(C)(C)[Si](C)(C)Oc1ccccc1O[Si](C)(C)C(C)(C)C.CCC(=O)O.c1c[nH]cn1. The van der Waals surface area contributed by atoms with Crippen LogP contribution in [0.5, 0.6) is 11.5 Å². The summed E-state index contributed by atoms with van der Waals surface area (Å²) in [6, 6.07) is 8.15. The van der Waals surface area contributed by atoms with Crippen LogP contribution in [0.4, 0.5) is 0 Å². The van der Waals surface area contributed by atoms with Crippen molar-refractivity contribution in [2.45, 2.75) is 91.2 Å². The second kappa shape index (κ2) is 12.2. The molecular formula is C24H44N2O4Si2.